The Hall–Kier alpha value is -1.52. The Bertz CT molecular complexity index is 470. The summed E-state index contributed by atoms with van der Waals surface area (Å²) in [5.74, 6) is -2.94. The molecule has 0 N–H and O–H groups in total. The SMILES string of the molecule is O=C(CCCc1cc(F)c(F)cc1F)N1CCCC1. The van der Waals surface area contributed by atoms with Gasteiger partial charge in [-0.2, -0.15) is 0 Å². The van der Waals surface area contributed by atoms with Gasteiger partial charge in [-0.05, 0) is 37.3 Å². The summed E-state index contributed by atoms with van der Waals surface area (Å²) in [7, 11) is 0. The first kappa shape index (κ1) is 13.9. The van der Waals surface area contributed by atoms with E-state index in [1.54, 1.807) is 4.90 Å². The van der Waals surface area contributed by atoms with E-state index in [-0.39, 0.29) is 17.9 Å². The van der Waals surface area contributed by atoms with E-state index in [0.29, 0.717) is 18.9 Å². The molecule has 5 heteroatoms. The molecule has 2 rings (SSSR count). The third kappa shape index (κ3) is 3.49. The molecule has 1 amide bonds. The van der Waals surface area contributed by atoms with Crippen molar-refractivity contribution in [3.63, 3.8) is 0 Å². The van der Waals surface area contributed by atoms with Crippen LogP contribution in [0.2, 0.25) is 0 Å². The molecule has 0 bridgehead atoms. The minimum atomic E-state index is -1.19. The third-order valence-corrected chi connectivity index (χ3v) is 3.38. The van der Waals surface area contributed by atoms with Crippen molar-refractivity contribution in [1.82, 2.24) is 4.90 Å². The van der Waals surface area contributed by atoms with E-state index >= 15 is 0 Å². The summed E-state index contributed by atoms with van der Waals surface area (Å²) in [6.07, 6.45) is 3.06. The molecule has 1 aromatic carbocycles. The Morgan fingerprint density at radius 3 is 2.37 bits per heavy atom. The first-order chi connectivity index (χ1) is 9.08. The highest BCUT2D eigenvalue weighted by Gasteiger charge is 2.17. The maximum absolute atomic E-state index is 13.4. The van der Waals surface area contributed by atoms with E-state index in [1.165, 1.54) is 0 Å². The Balaban J connectivity index is 1.85. The summed E-state index contributed by atoms with van der Waals surface area (Å²) in [5, 5.41) is 0. The van der Waals surface area contributed by atoms with Crippen molar-refractivity contribution < 1.29 is 18.0 Å². The first-order valence-corrected chi connectivity index (χ1v) is 6.49. The molecule has 0 saturated carbocycles. The van der Waals surface area contributed by atoms with Crippen LogP contribution in [0.5, 0.6) is 0 Å². The van der Waals surface area contributed by atoms with E-state index in [0.717, 1.165) is 32.0 Å². The van der Waals surface area contributed by atoms with Gasteiger partial charge in [-0.1, -0.05) is 0 Å². The number of hydrogen-bond donors (Lipinski definition) is 0. The van der Waals surface area contributed by atoms with Crippen LogP contribution in [0.4, 0.5) is 13.2 Å². The molecule has 0 unspecified atom stereocenters. The van der Waals surface area contributed by atoms with E-state index in [2.05, 4.69) is 0 Å². The normalized spacial score (nSPS) is 15.0. The van der Waals surface area contributed by atoms with Crippen LogP contribution in [0.1, 0.15) is 31.2 Å². The molecule has 104 valence electrons. The Morgan fingerprint density at radius 2 is 1.68 bits per heavy atom. The summed E-state index contributed by atoms with van der Waals surface area (Å²) in [6, 6.07) is 1.41. The summed E-state index contributed by atoms with van der Waals surface area (Å²) >= 11 is 0. The standard InChI is InChI=1S/C14H16F3NO/c15-11-9-13(17)12(16)8-10(11)4-3-5-14(19)18-6-1-2-7-18/h8-9H,1-7H2. The van der Waals surface area contributed by atoms with Crippen molar-refractivity contribution in [2.75, 3.05) is 13.1 Å². The molecule has 1 heterocycles. The quantitative estimate of drug-likeness (QED) is 0.771. The molecule has 19 heavy (non-hydrogen) atoms. The van der Waals surface area contributed by atoms with E-state index in [1.807, 2.05) is 0 Å². The van der Waals surface area contributed by atoms with Gasteiger partial charge in [-0.15, -0.1) is 0 Å². The van der Waals surface area contributed by atoms with Crippen molar-refractivity contribution in [2.45, 2.75) is 32.1 Å². The van der Waals surface area contributed by atoms with Gasteiger partial charge in [-0.3, -0.25) is 4.79 Å². The molecule has 0 spiro atoms. The summed E-state index contributed by atoms with van der Waals surface area (Å²) in [6.45, 7) is 1.58. The van der Waals surface area contributed by atoms with Crippen LogP contribution >= 0.6 is 0 Å². The number of amides is 1. The zero-order chi connectivity index (χ0) is 13.8. The summed E-state index contributed by atoms with van der Waals surface area (Å²) in [5.41, 5.74) is 0.119. The monoisotopic (exact) mass is 271 g/mol. The number of nitrogens with zero attached hydrogens (tertiary/aromatic N) is 1. The highest BCUT2D eigenvalue weighted by atomic mass is 19.2. The third-order valence-electron chi connectivity index (χ3n) is 3.38. The largest absolute Gasteiger partial charge is 0.343 e. The fraction of sp³-hybridized carbons (Fsp3) is 0.500. The maximum Gasteiger partial charge on any atom is 0.222 e. The minimum Gasteiger partial charge on any atom is -0.343 e. The van der Waals surface area contributed by atoms with Gasteiger partial charge in [0.25, 0.3) is 0 Å². The van der Waals surface area contributed by atoms with Crippen molar-refractivity contribution >= 4 is 5.91 Å². The van der Waals surface area contributed by atoms with Crippen LogP contribution in [-0.2, 0) is 11.2 Å². The maximum atomic E-state index is 13.4. The van der Waals surface area contributed by atoms with Crippen LogP contribution in [0, 0.1) is 17.5 Å². The Labute approximate surface area is 110 Å². The number of hydrogen-bond acceptors (Lipinski definition) is 1. The van der Waals surface area contributed by atoms with Crippen LogP contribution in [-0.4, -0.2) is 23.9 Å². The highest BCUT2D eigenvalue weighted by molar-refractivity contribution is 5.76. The number of carbonyl (C=O) groups excluding carboxylic acids is 1. The molecule has 1 saturated heterocycles. The molecular weight excluding hydrogens is 255 g/mol. The fourth-order valence-corrected chi connectivity index (χ4v) is 2.31. The molecule has 0 aromatic heterocycles. The second-order valence-electron chi connectivity index (χ2n) is 4.80. The first-order valence-electron chi connectivity index (χ1n) is 6.49. The Morgan fingerprint density at radius 1 is 1.05 bits per heavy atom. The van der Waals surface area contributed by atoms with Gasteiger partial charge >= 0.3 is 0 Å². The van der Waals surface area contributed by atoms with E-state index in [4.69, 9.17) is 0 Å². The molecule has 1 aromatic rings. The predicted molar refractivity (Wildman–Crippen MR) is 65.1 cm³/mol. The lowest BCUT2D eigenvalue weighted by molar-refractivity contribution is -0.130. The van der Waals surface area contributed by atoms with E-state index < -0.39 is 17.5 Å². The molecule has 0 radical (unpaired) electrons. The van der Waals surface area contributed by atoms with Gasteiger partial charge in [0.15, 0.2) is 11.6 Å². The lowest BCUT2D eigenvalue weighted by atomic mass is 10.1. The van der Waals surface area contributed by atoms with E-state index in [9.17, 15) is 18.0 Å². The predicted octanol–water partition coefficient (Wildman–Crippen LogP) is 3.05. The second kappa shape index (κ2) is 6.08. The van der Waals surface area contributed by atoms with Crippen LogP contribution < -0.4 is 0 Å². The summed E-state index contributed by atoms with van der Waals surface area (Å²) in [4.78, 5) is 13.5. The van der Waals surface area contributed by atoms with Gasteiger partial charge in [-0.25, -0.2) is 13.2 Å². The lowest BCUT2D eigenvalue weighted by Gasteiger charge is -2.14. The number of likely N-dealkylation sites (tertiary alicyclic amines) is 1. The number of benzene rings is 1. The van der Waals surface area contributed by atoms with Gasteiger partial charge in [0, 0.05) is 25.6 Å². The van der Waals surface area contributed by atoms with Gasteiger partial charge in [0.05, 0.1) is 0 Å². The zero-order valence-corrected chi connectivity index (χ0v) is 10.6. The van der Waals surface area contributed by atoms with Gasteiger partial charge in [0.2, 0.25) is 5.91 Å². The smallest absolute Gasteiger partial charge is 0.222 e. The zero-order valence-electron chi connectivity index (χ0n) is 10.6. The van der Waals surface area contributed by atoms with Crippen LogP contribution in [0.3, 0.4) is 0 Å². The lowest BCUT2D eigenvalue weighted by Crippen LogP contribution is -2.27. The van der Waals surface area contributed by atoms with Crippen molar-refractivity contribution in [3.05, 3.63) is 35.1 Å². The molecule has 1 fully saturated rings. The second-order valence-corrected chi connectivity index (χ2v) is 4.80. The van der Waals surface area contributed by atoms with Crippen molar-refractivity contribution in [2.24, 2.45) is 0 Å². The topological polar surface area (TPSA) is 20.3 Å². The average Bonchev–Trinajstić information content (AvgIpc) is 2.89. The molecule has 1 aliphatic heterocycles. The molecule has 0 atom stereocenters. The fourth-order valence-electron chi connectivity index (χ4n) is 2.31. The van der Waals surface area contributed by atoms with Crippen molar-refractivity contribution in [1.29, 1.82) is 0 Å². The van der Waals surface area contributed by atoms with Crippen LogP contribution in [0.15, 0.2) is 12.1 Å². The van der Waals surface area contributed by atoms with Gasteiger partial charge < -0.3 is 4.90 Å². The molecule has 1 aliphatic rings. The average molecular weight is 271 g/mol. The van der Waals surface area contributed by atoms with Crippen LogP contribution in [0.25, 0.3) is 0 Å². The van der Waals surface area contributed by atoms with Gasteiger partial charge in [0.1, 0.15) is 5.82 Å². The Kier molecular flexibility index (Phi) is 4.45. The number of aryl methyl sites for hydroxylation is 1. The molecular formula is C14H16F3NO. The number of rotatable bonds is 4. The minimum absolute atomic E-state index is 0.0560. The molecule has 0 aliphatic carbocycles. The molecule has 2 nitrogen and oxygen atoms in total. The summed E-state index contributed by atoms with van der Waals surface area (Å²) < 4.78 is 39.1. The van der Waals surface area contributed by atoms with Crippen molar-refractivity contribution in [3.8, 4) is 0 Å². The number of carbonyl (C=O) groups is 1. The highest BCUT2D eigenvalue weighted by Crippen LogP contribution is 2.17. The number of halogens is 3.